The Hall–Kier alpha value is -3.22. The van der Waals surface area contributed by atoms with Crippen molar-refractivity contribution in [2.75, 3.05) is 5.32 Å². The summed E-state index contributed by atoms with van der Waals surface area (Å²) < 4.78 is 31.6. The van der Waals surface area contributed by atoms with E-state index in [4.69, 9.17) is 4.42 Å². The molecule has 3 aromatic rings. The Labute approximate surface area is 140 Å². The van der Waals surface area contributed by atoms with Gasteiger partial charge in [-0.3, -0.25) is 4.79 Å². The minimum Gasteiger partial charge on any atom is -0.508 e. The fourth-order valence-corrected chi connectivity index (χ4v) is 2.53. The molecule has 0 spiro atoms. The van der Waals surface area contributed by atoms with E-state index in [1.54, 1.807) is 13.0 Å². The number of rotatable bonds is 3. The van der Waals surface area contributed by atoms with Gasteiger partial charge in [-0.2, -0.15) is 0 Å². The third kappa shape index (κ3) is 3.35. The van der Waals surface area contributed by atoms with Crippen molar-refractivity contribution >= 4 is 22.6 Å². The van der Waals surface area contributed by atoms with Gasteiger partial charge in [0.2, 0.25) is 5.91 Å². The Morgan fingerprint density at radius 1 is 1.20 bits per heavy atom. The Morgan fingerprint density at radius 2 is 1.96 bits per heavy atom. The quantitative estimate of drug-likeness (QED) is 0.714. The molecule has 0 bridgehead atoms. The number of amides is 1. The second kappa shape index (κ2) is 6.35. The van der Waals surface area contributed by atoms with E-state index < -0.39 is 23.2 Å². The Balaban J connectivity index is 1.91. The molecule has 0 unspecified atom stereocenters. The number of halogens is 2. The highest BCUT2D eigenvalue weighted by Gasteiger charge is 2.16. The smallest absolute Gasteiger partial charge is 0.340 e. The average molecular weight is 345 g/mol. The predicted octanol–water partition coefficient (Wildman–Crippen LogP) is 3.27. The van der Waals surface area contributed by atoms with Gasteiger partial charge in [-0.15, -0.1) is 0 Å². The van der Waals surface area contributed by atoms with Crippen LogP contribution in [-0.4, -0.2) is 11.0 Å². The molecule has 0 saturated carbocycles. The number of carbonyl (C=O) groups excluding carboxylic acids is 1. The van der Waals surface area contributed by atoms with Crippen LogP contribution in [0.2, 0.25) is 0 Å². The first-order valence-corrected chi connectivity index (χ1v) is 7.35. The summed E-state index contributed by atoms with van der Waals surface area (Å²) in [5.74, 6) is -2.36. The molecule has 0 fully saturated rings. The van der Waals surface area contributed by atoms with E-state index in [0.29, 0.717) is 17.0 Å². The van der Waals surface area contributed by atoms with Crippen molar-refractivity contribution in [1.82, 2.24) is 0 Å². The standard InChI is InChI=1S/C18H13F2NO4/c1-9-12-4-3-11(22)7-16(12)25-18(24)13(9)8-17(23)21-15-5-2-10(19)6-14(15)20/h2-7,22H,8H2,1H3,(H,21,23). The van der Waals surface area contributed by atoms with E-state index in [1.807, 2.05) is 0 Å². The molecular weight excluding hydrogens is 332 g/mol. The molecule has 0 radical (unpaired) electrons. The van der Waals surface area contributed by atoms with Crippen LogP contribution in [0.4, 0.5) is 14.5 Å². The summed E-state index contributed by atoms with van der Waals surface area (Å²) in [7, 11) is 0. The minimum atomic E-state index is -0.911. The lowest BCUT2D eigenvalue weighted by atomic mass is 10.0. The molecule has 0 atom stereocenters. The van der Waals surface area contributed by atoms with E-state index in [-0.39, 0.29) is 29.0 Å². The number of phenols is 1. The molecule has 25 heavy (non-hydrogen) atoms. The van der Waals surface area contributed by atoms with E-state index in [1.165, 1.54) is 12.1 Å². The van der Waals surface area contributed by atoms with Gasteiger partial charge in [0, 0.05) is 17.5 Å². The molecule has 5 nitrogen and oxygen atoms in total. The van der Waals surface area contributed by atoms with Gasteiger partial charge in [0.25, 0.3) is 0 Å². The van der Waals surface area contributed by atoms with Crippen LogP contribution in [0.15, 0.2) is 45.6 Å². The number of aryl methyl sites for hydroxylation is 1. The molecule has 0 aliphatic carbocycles. The highest BCUT2D eigenvalue weighted by Crippen LogP contribution is 2.24. The SMILES string of the molecule is Cc1c(CC(=O)Nc2ccc(F)cc2F)c(=O)oc2cc(O)ccc12. The topological polar surface area (TPSA) is 79.5 Å². The van der Waals surface area contributed by atoms with Gasteiger partial charge in [0.1, 0.15) is 23.0 Å². The summed E-state index contributed by atoms with van der Waals surface area (Å²) in [6, 6.07) is 7.08. The fourth-order valence-electron chi connectivity index (χ4n) is 2.53. The zero-order valence-electron chi connectivity index (χ0n) is 13.1. The highest BCUT2D eigenvalue weighted by atomic mass is 19.1. The lowest BCUT2D eigenvalue weighted by Crippen LogP contribution is -2.21. The van der Waals surface area contributed by atoms with Crippen LogP contribution >= 0.6 is 0 Å². The summed E-state index contributed by atoms with van der Waals surface area (Å²) in [5.41, 5.74) is -0.0418. The number of carbonyl (C=O) groups is 1. The molecule has 1 heterocycles. The fraction of sp³-hybridized carbons (Fsp3) is 0.111. The molecule has 3 rings (SSSR count). The van der Waals surface area contributed by atoms with Crippen molar-refractivity contribution in [3.05, 3.63) is 69.6 Å². The van der Waals surface area contributed by atoms with Gasteiger partial charge in [0.05, 0.1) is 17.7 Å². The van der Waals surface area contributed by atoms with Crippen LogP contribution in [0.25, 0.3) is 11.0 Å². The third-order valence-corrected chi connectivity index (χ3v) is 3.81. The molecule has 0 aliphatic heterocycles. The summed E-state index contributed by atoms with van der Waals surface area (Å²) in [4.78, 5) is 24.2. The molecule has 2 aromatic carbocycles. The number of hydrogen-bond acceptors (Lipinski definition) is 4. The van der Waals surface area contributed by atoms with Crippen molar-refractivity contribution in [3.63, 3.8) is 0 Å². The lowest BCUT2D eigenvalue weighted by molar-refractivity contribution is -0.115. The minimum absolute atomic E-state index is 0.0488. The van der Waals surface area contributed by atoms with E-state index in [2.05, 4.69) is 5.32 Å². The number of benzene rings is 2. The first-order chi connectivity index (χ1) is 11.8. The van der Waals surface area contributed by atoms with Crippen molar-refractivity contribution in [1.29, 1.82) is 0 Å². The number of anilines is 1. The molecule has 2 N–H and O–H groups in total. The van der Waals surface area contributed by atoms with E-state index in [9.17, 15) is 23.5 Å². The largest absolute Gasteiger partial charge is 0.508 e. The average Bonchev–Trinajstić information content (AvgIpc) is 2.54. The lowest BCUT2D eigenvalue weighted by Gasteiger charge is -2.09. The molecular formula is C18H13F2NO4. The van der Waals surface area contributed by atoms with Gasteiger partial charge in [-0.05, 0) is 36.8 Å². The second-order valence-electron chi connectivity index (χ2n) is 5.52. The summed E-state index contributed by atoms with van der Waals surface area (Å²) in [6.45, 7) is 1.65. The monoisotopic (exact) mass is 345 g/mol. The number of aromatic hydroxyl groups is 1. The van der Waals surface area contributed by atoms with Crippen LogP contribution < -0.4 is 10.9 Å². The van der Waals surface area contributed by atoms with Gasteiger partial charge in [-0.25, -0.2) is 13.6 Å². The molecule has 1 aromatic heterocycles. The van der Waals surface area contributed by atoms with Crippen LogP contribution in [-0.2, 0) is 11.2 Å². The second-order valence-corrected chi connectivity index (χ2v) is 5.52. The molecule has 128 valence electrons. The van der Waals surface area contributed by atoms with Crippen molar-refractivity contribution in [2.24, 2.45) is 0 Å². The van der Waals surface area contributed by atoms with Crippen LogP contribution in [0.3, 0.4) is 0 Å². The Bertz CT molecular complexity index is 1040. The maximum Gasteiger partial charge on any atom is 0.340 e. The van der Waals surface area contributed by atoms with Crippen molar-refractivity contribution < 1.29 is 23.1 Å². The third-order valence-electron chi connectivity index (χ3n) is 3.81. The Kier molecular flexibility index (Phi) is 4.22. The number of nitrogens with one attached hydrogen (secondary N) is 1. The van der Waals surface area contributed by atoms with Crippen LogP contribution in [0.1, 0.15) is 11.1 Å². The summed E-state index contributed by atoms with van der Waals surface area (Å²) >= 11 is 0. The summed E-state index contributed by atoms with van der Waals surface area (Å²) in [5, 5.41) is 12.3. The van der Waals surface area contributed by atoms with E-state index in [0.717, 1.165) is 12.1 Å². The van der Waals surface area contributed by atoms with Crippen molar-refractivity contribution in [3.8, 4) is 5.75 Å². The number of hydrogen-bond donors (Lipinski definition) is 2. The highest BCUT2D eigenvalue weighted by molar-refractivity contribution is 5.93. The van der Waals surface area contributed by atoms with Gasteiger partial charge in [-0.1, -0.05) is 0 Å². The molecule has 1 amide bonds. The zero-order valence-corrected chi connectivity index (χ0v) is 13.1. The normalized spacial score (nSPS) is 10.8. The van der Waals surface area contributed by atoms with E-state index >= 15 is 0 Å². The van der Waals surface area contributed by atoms with Gasteiger partial charge < -0.3 is 14.8 Å². The molecule has 7 heteroatoms. The maximum atomic E-state index is 13.6. The van der Waals surface area contributed by atoms with Crippen LogP contribution in [0.5, 0.6) is 5.75 Å². The number of fused-ring (bicyclic) bond motifs is 1. The Morgan fingerprint density at radius 3 is 2.68 bits per heavy atom. The van der Waals surface area contributed by atoms with Crippen LogP contribution in [0, 0.1) is 18.6 Å². The zero-order chi connectivity index (χ0) is 18.1. The number of phenolic OH excluding ortho intramolecular Hbond substituents is 1. The maximum absolute atomic E-state index is 13.6. The first kappa shape index (κ1) is 16.6. The molecule has 0 aliphatic rings. The summed E-state index contributed by atoms with van der Waals surface area (Å²) in [6.07, 6.45) is -0.332. The van der Waals surface area contributed by atoms with Crippen molar-refractivity contribution in [2.45, 2.75) is 13.3 Å². The van der Waals surface area contributed by atoms with Gasteiger partial charge in [0.15, 0.2) is 0 Å². The molecule has 0 saturated heterocycles. The van der Waals surface area contributed by atoms with Gasteiger partial charge >= 0.3 is 5.63 Å². The first-order valence-electron chi connectivity index (χ1n) is 7.35. The predicted molar refractivity (Wildman–Crippen MR) is 87.6 cm³/mol.